The first-order chi connectivity index (χ1) is 13.1. The normalized spacial score (nSPS) is 23.5. The number of piperidine rings is 1. The number of nitrogens with zero attached hydrogens (tertiary/aromatic N) is 4. The summed E-state index contributed by atoms with van der Waals surface area (Å²) in [5.74, 6) is 1.46. The molecule has 1 aromatic heterocycles. The van der Waals surface area contributed by atoms with Crippen LogP contribution < -0.4 is 0 Å². The van der Waals surface area contributed by atoms with Gasteiger partial charge in [-0.1, -0.05) is 29.8 Å². The highest BCUT2D eigenvalue weighted by Crippen LogP contribution is 2.40. The lowest BCUT2D eigenvalue weighted by Gasteiger charge is -2.39. The Morgan fingerprint density at radius 3 is 2.89 bits per heavy atom. The zero-order valence-corrected chi connectivity index (χ0v) is 16.5. The predicted octanol–water partition coefficient (Wildman–Crippen LogP) is 3.23. The van der Waals surface area contributed by atoms with Gasteiger partial charge in [0.25, 0.3) is 0 Å². The van der Waals surface area contributed by atoms with Crippen molar-refractivity contribution < 1.29 is 4.79 Å². The number of benzene rings is 1. The van der Waals surface area contributed by atoms with Crippen LogP contribution in [0.5, 0.6) is 0 Å². The van der Waals surface area contributed by atoms with Crippen molar-refractivity contribution in [2.75, 3.05) is 19.6 Å². The maximum absolute atomic E-state index is 13.4. The maximum Gasteiger partial charge on any atom is 0.230 e. The zero-order valence-electron chi connectivity index (χ0n) is 16.5. The van der Waals surface area contributed by atoms with E-state index in [0.717, 1.165) is 64.4 Å². The van der Waals surface area contributed by atoms with Crippen molar-refractivity contribution in [1.82, 2.24) is 19.4 Å². The average Bonchev–Trinajstić information content (AvgIpc) is 3.27. The Bertz CT molecular complexity index is 814. The van der Waals surface area contributed by atoms with Crippen LogP contribution in [0.25, 0.3) is 0 Å². The predicted molar refractivity (Wildman–Crippen MR) is 106 cm³/mol. The number of rotatable bonds is 5. The highest BCUT2D eigenvalue weighted by atomic mass is 16.2. The minimum atomic E-state index is -0.189. The van der Waals surface area contributed by atoms with Gasteiger partial charge in [0, 0.05) is 38.6 Å². The molecule has 1 aromatic carbocycles. The molecule has 5 nitrogen and oxygen atoms in total. The summed E-state index contributed by atoms with van der Waals surface area (Å²) in [5.41, 5.74) is 2.30. The molecule has 0 unspecified atom stereocenters. The molecule has 144 valence electrons. The van der Waals surface area contributed by atoms with Crippen LogP contribution in [0.4, 0.5) is 0 Å². The van der Waals surface area contributed by atoms with Crippen molar-refractivity contribution in [1.29, 1.82) is 0 Å². The Morgan fingerprint density at radius 2 is 2.07 bits per heavy atom. The van der Waals surface area contributed by atoms with Gasteiger partial charge in [-0.15, -0.1) is 0 Å². The van der Waals surface area contributed by atoms with E-state index in [4.69, 9.17) is 0 Å². The number of likely N-dealkylation sites (tertiary alicyclic amines) is 2. The lowest BCUT2D eigenvalue weighted by atomic mass is 9.78. The number of hydrogen-bond acceptors (Lipinski definition) is 3. The lowest BCUT2D eigenvalue weighted by molar-refractivity contribution is -0.146. The van der Waals surface area contributed by atoms with Gasteiger partial charge in [-0.2, -0.15) is 0 Å². The minimum absolute atomic E-state index is 0.189. The molecule has 2 aromatic rings. The molecule has 2 aliphatic heterocycles. The van der Waals surface area contributed by atoms with E-state index in [1.54, 1.807) is 0 Å². The number of amides is 1. The van der Waals surface area contributed by atoms with E-state index in [2.05, 4.69) is 57.5 Å². The molecule has 0 radical (unpaired) electrons. The summed E-state index contributed by atoms with van der Waals surface area (Å²) in [6, 6.07) is 8.52. The molecule has 1 amide bonds. The third-order valence-corrected chi connectivity index (χ3v) is 6.22. The van der Waals surface area contributed by atoms with Crippen LogP contribution in [0.3, 0.4) is 0 Å². The van der Waals surface area contributed by atoms with Crippen LogP contribution in [0, 0.1) is 12.3 Å². The molecule has 0 bridgehead atoms. The summed E-state index contributed by atoms with van der Waals surface area (Å²) >= 11 is 0. The summed E-state index contributed by atoms with van der Waals surface area (Å²) in [5, 5.41) is 0. The van der Waals surface area contributed by atoms with Crippen LogP contribution in [-0.4, -0.2) is 44.9 Å². The number of carbonyl (C=O) groups excluding carboxylic acids is 1. The Kier molecular flexibility index (Phi) is 5.04. The van der Waals surface area contributed by atoms with Gasteiger partial charge < -0.3 is 9.47 Å². The fourth-order valence-electron chi connectivity index (χ4n) is 4.79. The Hall–Kier alpha value is -2.14. The summed E-state index contributed by atoms with van der Waals surface area (Å²) in [6.45, 7) is 9.51. The first kappa shape index (κ1) is 18.2. The van der Waals surface area contributed by atoms with Gasteiger partial charge in [0.1, 0.15) is 5.82 Å². The van der Waals surface area contributed by atoms with Crippen molar-refractivity contribution in [3.05, 3.63) is 53.6 Å². The molecule has 1 atom stereocenters. The molecule has 4 rings (SSSR count). The third kappa shape index (κ3) is 3.65. The molecule has 0 aliphatic carbocycles. The van der Waals surface area contributed by atoms with Gasteiger partial charge in [0.2, 0.25) is 5.91 Å². The van der Waals surface area contributed by atoms with E-state index in [1.807, 2.05) is 12.4 Å². The zero-order chi connectivity index (χ0) is 18.9. The Labute approximate surface area is 162 Å². The van der Waals surface area contributed by atoms with Crippen LogP contribution in [0.1, 0.15) is 43.1 Å². The first-order valence-corrected chi connectivity index (χ1v) is 10.2. The summed E-state index contributed by atoms with van der Waals surface area (Å²) in [7, 11) is 0. The van der Waals surface area contributed by atoms with Crippen molar-refractivity contribution >= 4 is 5.91 Å². The van der Waals surface area contributed by atoms with Gasteiger partial charge in [-0.3, -0.25) is 9.69 Å². The number of aromatic nitrogens is 2. The van der Waals surface area contributed by atoms with Crippen molar-refractivity contribution in [2.45, 2.75) is 52.7 Å². The lowest BCUT2D eigenvalue weighted by Crippen LogP contribution is -2.49. The highest BCUT2D eigenvalue weighted by molar-refractivity contribution is 5.84. The van der Waals surface area contributed by atoms with Gasteiger partial charge in [0.15, 0.2) is 0 Å². The number of carbonyl (C=O) groups is 1. The summed E-state index contributed by atoms with van der Waals surface area (Å²) < 4.78 is 2.19. The van der Waals surface area contributed by atoms with Crippen LogP contribution >= 0.6 is 0 Å². The van der Waals surface area contributed by atoms with E-state index in [0.29, 0.717) is 5.91 Å². The van der Waals surface area contributed by atoms with Crippen LogP contribution in [-0.2, 0) is 24.4 Å². The minimum Gasteiger partial charge on any atom is -0.338 e. The molecule has 5 heteroatoms. The van der Waals surface area contributed by atoms with Gasteiger partial charge in [-0.25, -0.2) is 4.98 Å². The molecule has 2 saturated heterocycles. The number of aryl methyl sites for hydroxylation is 2. The van der Waals surface area contributed by atoms with Gasteiger partial charge >= 0.3 is 0 Å². The smallest absolute Gasteiger partial charge is 0.230 e. The van der Waals surface area contributed by atoms with E-state index in [1.165, 1.54) is 11.1 Å². The Balaban J connectivity index is 1.44. The van der Waals surface area contributed by atoms with E-state index in [-0.39, 0.29) is 5.41 Å². The van der Waals surface area contributed by atoms with Gasteiger partial charge in [-0.05, 0) is 45.2 Å². The third-order valence-electron chi connectivity index (χ3n) is 6.22. The van der Waals surface area contributed by atoms with E-state index >= 15 is 0 Å². The van der Waals surface area contributed by atoms with E-state index < -0.39 is 0 Å². The molecular formula is C22H30N4O. The van der Waals surface area contributed by atoms with Crippen LogP contribution in [0.2, 0.25) is 0 Å². The topological polar surface area (TPSA) is 41.4 Å². The second-order valence-electron chi connectivity index (χ2n) is 8.19. The molecule has 1 spiro atoms. The van der Waals surface area contributed by atoms with Crippen LogP contribution in [0.15, 0.2) is 36.7 Å². The summed E-state index contributed by atoms with van der Waals surface area (Å²) in [6.07, 6.45) is 7.02. The first-order valence-electron chi connectivity index (χ1n) is 10.2. The molecule has 27 heavy (non-hydrogen) atoms. The molecule has 3 heterocycles. The molecule has 0 N–H and O–H groups in total. The van der Waals surface area contributed by atoms with Crippen molar-refractivity contribution in [3.63, 3.8) is 0 Å². The number of imidazole rings is 1. The molecule has 0 saturated carbocycles. The largest absolute Gasteiger partial charge is 0.338 e. The fourth-order valence-corrected chi connectivity index (χ4v) is 4.79. The fraction of sp³-hybridized carbons (Fsp3) is 0.545. The quantitative estimate of drug-likeness (QED) is 0.816. The van der Waals surface area contributed by atoms with Crippen molar-refractivity contribution in [3.8, 4) is 0 Å². The molecular weight excluding hydrogens is 336 g/mol. The SMILES string of the molecule is CCn1ccnc1CN1CC[C@]2(CCCN(Cc3cccc(C)c3)C2=O)C1. The second-order valence-corrected chi connectivity index (χ2v) is 8.19. The molecule has 2 fully saturated rings. The maximum atomic E-state index is 13.4. The highest BCUT2D eigenvalue weighted by Gasteiger charge is 2.48. The standard InChI is InChI=1S/C22H30N4O/c1-3-25-13-10-23-20(25)16-24-12-9-22(17-24)8-5-11-26(21(22)27)15-19-7-4-6-18(2)14-19/h4,6-7,10,13-14H,3,5,8-9,11-12,15-17H2,1-2H3/t22-/m1/s1. The summed E-state index contributed by atoms with van der Waals surface area (Å²) in [4.78, 5) is 22.4. The van der Waals surface area contributed by atoms with Gasteiger partial charge in [0.05, 0.1) is 12.0 Å². The number of hydrogen-bond donors (Lipinski definition) is 0. The molecule has 2 aliphatic rings. The van der Waals surface area contributed by atoms with E-state index in [9.17, 15) is 4.79 Å². The van der Waals surface area contributed by atoms with Crippen molar-refractivity contribution in [2.24, 2.45) is 5.41 Å². The average molecular weight is 367 g/mol. The second kappa shape index (κ2) is 7.47. The monoisotopic (exact) mass is 366 g/mol. The Morgan fingerprint density at radius 1 is 1.19 bits per heavy atom.